The van der Waals surface area contributed by atoms with E-state index in [9.17, 15) is 8.42 Å². The Balaban J connectivity index is 2.94. The van der Waals surface area contributed by atoms with E-state index in [0.717, 1.165) is 24.0 Å². The molecule has 0 fully saturated rings. The van der Waals surface area contributed by atoms with Gasteiger partial charge in [-0.05, 0) is 50.4 Å². The lowest BCUT2D eigenvalue weighted by Crippen LogP contribution is -2.34. The van der Waals surface area contributed by atoms with Gasteiger partial charge in [-0.3, -0.25) is 0 Å². The zero-order chi connectivity index (χ0) is 16.0. The first-order valence-electron chi connectivity index (χ1n) is 7.56. The van der Waals surface area contributed by atoms with E-state index < -0.39 is 10.0 Å². The SMILES string of the molecule is CCC(C)CC(C)NS(=O)(=O)c1cc(CNC)ccc1C. The Bertz CT molecular complexity index is 555. The minimum atomic E-state index is -3.46. The van der Waals surface area contributed by atoms with Gasteiger partial charge in [-0.15, -0.1) is 0 Å². The molecule has 0 saturated heterocycles. The Morgan fingerprint density at radius 2 is 1.90 bits per heavy atom. The number of sulfonamides is 1. The Kier molecular flexibility index (Phi) is 6.84. The number of benzene rings is 1. The summed E-state index contributed by atoms with van der Waals surface area (Å²) < 4.78 is 27.9. The second-order valence-electron chi connectivity index (χ2n) is 5.90. The van der Waals surface area contributed by atoms with E-state index in [0.29, 0.717) is 17.4 Å². The maximum atomic E-state index is 12.6. The molecule has 4 nitrogen and oxygen atoms in total. The Morgan fingerprint density at radius 3 is 2.48 bits per heavy atom. The highest BCUT2D eigenvalue weighted by atomic mass is 32.2. The Hall–Kier alpha value is -0.910. The lowest BCUT2D eigenvalue weighted by Gasteiger charge is -2.18. The molecule has 0 spiro atoms. The fraction of sp³-hybridized carbons (Fsp3) is 0.625. The van der Waals surface area contributed by atoms with Gasteiger partial charge >= 0.3 is 0 Å². The van der Waals surface area contributed by atoms with Crippen LogP contribution in [0.4, 0.5) is 0 Å². The van der Waals surface area contributed by atoms with E-state index >= 15 is 0 Å². The minimum absolute atomic E-state index is 0.0580. The van der Waals surface area contributed by atoms with E-state index in [4.69, 9.17) is 0 Å². The first kappa shape index (κ1) is 18.1. The van der Waals surface area contributed by atoms with Gasteiger partial charge in [-0.25, -0.2) is 13.1 Å². The third-order valence-corrected chi connectivity index (χ3v) is 5.46. The van der Waals surface area contributed by atoms with Crippen LogP contribution in [-0.2, 0) is 16.6 Å². The molecule has 2 unspecified atom stereocenters. The normalized spacial score (nSPS) is 14.9. The molecule has 120 valence electrons. The van der Waals surface area contributed by atoms with Gasteiger partial charge in [0.25, 0.3) is 0 Å². The lowest BCUT2D eigenvalue weighted by molar-refractivity contribution is 0.445. The molecule has 1 aromatic rings. The highest BCUT2D eigenvalue weighted by Gasteiger charge is 2.20. The summed E-state index contributed by atoms with van der Waals surface area (Å²) in [5.74, 6) is 0.513. The van der Waals surface area contributed by atoms with Crippen LogP contribution >= 0.6 is 0 Å². The second kappa shape index (κ2) is 7.92. The van der Waals surface area contributed by atoms with Gasteiger partial charge in [0.2, 0.25) is 10.0 Å². The highest BCUT2D eigenvalue weighted by Crippen LogP contribution is 2.19. The van der Waals surface area contributed by atoms with Crippen LogP contribution in [0, 0.1) is 12.8 Å². The molecule has 2 atom stereocenters. The molecule has 0 radical (unpaired) electrons. The summed E-state index contributed by atoms with van der Waals surface area (Å²) in [6.07, 6.45) is 1.91. The Labute approximate surface area is 129 Å². The molecular weight excluding hydrogens is 284 g/mol. The molecule has 21 heavy (non-hydrogen) atoms. The fourth-order valence-electron chi connectivity index (χ4n) is 2.39. The smallest absolute Gasteiger partial charge is 0.241 e. The monoisotopic (exact) mass is 312 g/mol. The Morgan fingerprint density at radius 1 is 1.24 bits per heavy atom. The average Bonchev–Trinajstić information content (AvgIpc) is 2.40. The highest BCUT2D eigenvalue weighted by molar-refractivity contribution is 7.89. The summed E-state index contributed by atoms with van der Waals surface area (Å²) in [5.41, 5.74) is 1.75. The van der Waals surface area contributed by atoms with E-state index in [-0.39, 0.29) is 6.04 Å². The van der Waals surface area contributed by atoms with Crippen LogP contribution in [-0.4, -0.2) is 21.5 Å². The molecule has 0 aromatic heterocycles. The van der Waals surface area contributed by atoms with Crippen molar-refractivity contribution in [3.05, 3.63) is 29.3 Å². The summed E-state index contributed by atoms with van der Waals surface area (Å²) in [5, 5.41) is 3.04. The third-order valence-electron chi connectivity index (χ3n) is 3.73. The number of nitrogens with one attached hydrogen (secondary N) is 2. The van der Waals surface area contributed by atoms with Gasteiger partial charge in [0.15, 0.2) is 0 Å². The van der Waals surface area contributed by atoms with Crippen molar-refractivity contribution in [2.45, 2.75) is 58.0 Å². The third kappa shape index (κ3) is 5.41. The first-order valence-corrected chi connectivity index (χ1v) is 9.05. The first-order chi connectivity index (χ1) is 9.80. The van der Waals surface area contributed by atoms with Gasteiger partial charge < -0.3 is 5.32 Å². The predicted molar refractivity (Wildman–Crippen MR) is 87.8 cm³/mol. The maximum Gasteiger partial charge on any atom is 0.241 e. The quantitative estimate of drug-likeness (QED) is 0.776. The van der Waals surface area contributed by atoms with Crippen LogP contribution in [0.3, 0.4) is 0 Å². The van der Waals surface area contributed by atoms with Crippen molar-refractivity contribution < 1.29 is 8.42 Å². The van der Waals surface area contributed by atoms with Crippen LogP contribution in [0.2, 0.25) is 0 Å². The van der Waals surface area contributed by atoms with Crippen LogP contribution < -0.4 is 10.0 Å². The van der Waals surface area contributed by atoms with Gasteiger partial charge in [0, 0.05) is 12.6 Å². The number of aryl methyl sites for hydroxylation is 1. The van der Waals surface area contributed by atoms with E-state index in [1.807, 2.05) is 33.0 Å². The van der Waals surface area contributed by atoms with Gasteiger partial charge in [0.1, 0.15) is 0 Å². The predicted octanol–water partition coefficient (Wildman–Crippen LogP) is 2.82. The molecule has 0 aliphatic rings. The zero-order valence-corrected chi connectivity index (χ0v) is 14.5. The molecule has 1 rings (SSSR count). The maximum absolute atomic E-state index is 12.6. The second-order valence-corrected chi connectivity index (χ2v) is 7.58. The van der Waals surface area contributed by atoms with Crippen LogP contribution in [0.1, 0.15) is 44.7 Å². The van der Waals surface area contributed by atoms with Crippen molar-refractivity contribution in [2.75, 3.05) is 7.05 Å². The van der Waals surface area contributed by atoms with E-state index in [2.05, 4.69) is 23.9 Å². The average molecular weight is 312 g/mol. The summed E-state index contributed by atoms with van der Waals surface area (Å²) in [6, 6.07) is 5.51. The summed E-state index contributed by atoms with van der Waals surface area (Å²) >= 11 is 0. The summed E-state index contributed by atoms with van der Waals surface area (Å²) in [6.45, 7) is 8.68. The van der Waals surface area contributed by atoms with Crippen molar-refractivity contribution in [1.29, 1.82) is 0 Å². The van der Waals surface area contributed by atoms with Crippen molar-refractivity contribution in [2.24, 2.45) is 5.92 Å². The van der Waals surface area contributed by atoms with Crippen molar-refractivity contribution in [3.8, 4) is 0 Å². The molecule has 2 N–H and O–H groups in total. The molecular formula is C16H28N2O2S. The molecule has 0 bridgehead atoms. The number of hydrogen-bond acceptors (Lipinski definition) is 3. The molecule has 0 aliphatic carbocycles. The molecule has 5 heteroatoms. The molecule has 0 aliphatic heterocycles. The van der Waals surface area contributed by atoms with E-state index in [1.54, 1.807) is 6.07 Å². The minimum Gasteiger partial charge on any atom is -0.316 e. The van der Waals surface area contributed by atoms with Crippen LogP contribution in [0.15, 0.2) is 23.1 Å². The van der Waals surface area contributed by atoms with Crippen molar-refractivity contribution >= 4 is 10.0 Å². The topological polar surface area (TPSA) is 58.2 Å². The van der Waals surface area contributed by atoms with Crippen molar-refractivity contribution in [1.82, 2.24) is 10.0 Å². The molecule has 0 amide bonds. The van der Waals surface area contributed by atoms with Crippen LogP contribution in [0.25, 0.3) is 0 Å². The lowest BCUT2D eigenvalue weighted by atomic mass is 10.0. The molecule has 0 saturated carbocycles. The zero-order valence-electron chi connectivity index (χ0n) is 13.7. The fourth-order valence-corrected chi connectivity index (χ4v) is 3.95. The standard InChI is InChI=1S/C16H28N2O2S/c1-6-12(2)9-14(4)18-21(19,20)16-10-15(11-17-5)8-7-13(16)3/h7-8,10,12,14,17-18H,6,9,11H2,1-5H3. The largest absolute Gasteiger partial charge is 0.316 e. The summed E-state index contributed by atoms with van der Waals surface area (Å²) in [7, 11) is -1.61. The van der Waals surface area contributed by atoms with Crippen LogP contribution in [0.5, 0.6) is 0 Å². The molecule has 1 aromatic carbocycles. The number of rotatable bonds is 8. The van der Waals surface area contributed by atoms with E-state index in [1.165, 1.54) is 0 Å². The number of hydrogen-bond donors (Lipinski definition) is 2. The molecule has 0 heterocycles. The van der Waals surface area contributed by atoms with Gasteiger partial charge in [0.05, 0.1) is 4.90 Å². The van der Waals surface area contributed by atoms with Gasteiger partial charge in [-0.2, -0.15) is 0 Å². The van der Waals surface area contributed by atoms with Gasteiger partial charge in [-0.1, -0.05) is 32.4 Å². The summed E-state index contributed by atoms with van der Waals surface area (Å²) in [4.78, 5) is 0.381. The van der Waals surface area contributed by atoms with Crippen molar-refractivity contribution in [3.63, 3.8) is 0 Å².